The first-order chi connectivity index (χ1) is 7.27. The molecular formula is C13H19NS. The van der Waals surface area contributed by atoms with E-state index in [-0.39, 0.29) is 0 Å². The number of piperidine rings is 1. The van der Waals surface area contributed by atoms with Crippen molar-refractivity contribution < 1.29 is 0 Å². The Morgan fingerprint density at radius 3 is 2.87 bits per heavy atom. The second-order valence-electron chi connectivity index (χ2n) is 4.44. The summed E-state index contributed by atoms with van der Waals surface area (Å²) in [6, 6.07) is 9.14. The van der Waals surface area contributed by atoms with Crippen molar-refractivity contribution in [2.24, 2.45) is 0 Å². The molecule has 1 aromatic rings. The van der Waals surface area contributed by atoms with Crippen LogP contribution < -0.4 is 0 Å². The van der Waals surface area contributed by atoms with Gasteiger partial charge in [-0.1, -0.05) is 24.6 Å². The molecule has 0 radical (unpaired) electrons. The molecule has 82 valence electrons. The van der Waals surface area contributed by atoms with Crippen molar-refractivity contribution >= 4 is 12.6 Å². The molecule has 0 N–H and O–H groups in total. The van der Waals surface area contributed by atoms with E-state index < -0.39 is 0 Å². The molecule has 0 aliphatic carbocycles. The van der Waals surface area contributed by atoms with Crippen LogP contribution in [0.3, 0.4) is 0 Å². The van der Waals surface area contributed by atoms with E-state index in [4.69, 9.17) is 0 Å². The molecule has 1 heterocycles. The Hall–Kier alpha value is -0.470. The third kappa shape index (κ3) is 2.76. The summed E-state index contributed by atoms with van der Waals surface area (Å²) in [5.41, 5.74) is 1.36. The highest BCUT2D eigenvalue weighted by Crippen LogP contribution is 2.21. The Kier molecular flexibility index (Phi) is 3.71. The monoisotopic (exact) mass is 221 g/mol. The van der Waals surface area contributed by atoms with Crippen LogP contribution in [0.15, 0.2) is 29.2 Å². The van der Waals surface area contributed by atoms with E-state index in [9.17, 15) is 0 Å². The summed E-state index contributed by atoms with van der Waals surface area (Å²) in [7, 11) is 0. The van der Waals surface area contributed by atoms with Gasteiger partial charge in [0.2, 0.25) is 0 Å². The maximum atomic E-state index is 4.50. The first-order valence-corrected chi connectivity index (χ1v) is 6.23. The van der Waals surface area contributed by atoms with Gasteiger partial charge >= 0.3 is 0 Å². The molecule has 1 saturated heterocycles. The smallest absolute Gasteiger partial charge is 0.0247 e. The zero-order valence-electron chi connectivity index (χ0n) is 9.32. The summed E-state index contributed by atoms with van der Waals surface area (Å²) in [5.74, 6) is 0. The lowest BCUT2D eigenvalue weighted by Gasteiger charge is -2.33. The van der Waals surface area contributed by atoms with Crippen molar-refractivity contribution in [2.45, 2.75) is 43.7 Å². The Bertz CT molecular complexity index is 324. The predicted molar refractivity (Wildman–Crippen MR) is 67.4 cm³/mol. The molecular weight excluding hydrogens is 202 g/mol. The zero-order valence-corrected chi connectivity index (χ0v) is 10.2. The molecule has 0 aromatic heterocycles. The molecule has 0 bridgehead atoms. The fraction of sp³-hybridized carbons (Fsp3) is 0.538. The van der Waals surface area contributed by atoms with Crippen molar-refractivity contribution in [1.29, 1.82) is 0 Å². The fourth-order valence-electron chi connectivity index (χ4n) is 2.26. The van der Waals surface area contributed by atoms with E-state index in [1.165, 1.54) is 31.4 Å². The summed E-state index contributed by atoms with van der Waals surface area (Å²) in [4.78, 5) is 3.69. The van der Waals surface area contributed by atoms with Gasteiger partial charge in [-0.15, -0.1) is 12.6 Å². The largest absolute Gasteiger partial charge is 0.296 e. The van der Waals surface area contributed by atoms with Crippen molar-refractivity contribution in [3.05, 3.63) is 29.8 Å². The van der Waals surface area contributed by atoms with E-state index in [0.717, 1.165) is 17.5 Å². The third-order valence-electron chi connectivity index (χ3n) is 3.31. The normalized spacial score (nSPS) is 22.9. The number of thiol groups is 1. The highest BCUT2D eigenvalue weighted by molar-refractivity contribution is 7.80. The molecule has 1 nitrogen and oxygen atoms in total. The van der Waals surface area contributed by atoms with E-state index in [2.05, 4.69) is 42.7 Å². The van der Waals surface area contributed by atoms with Gasteiger partial charge in [0.25, 0.3) is 0 Å². The number of hydrogen-bond acceptors (Lipinski definition) is 2. The second-order valence-corrected chi connectivity index (χ2v) is 4.93. The molecule has 1 aliphatic heterocycles. The van der Waals surface area contributed by atoms with E-state index in [0.29, 0.717) is 0 Å². The summed E-state index contributed by atoms with van der Waals surface area (Å²) in [5, 5.41) is 0. The summed E-state index contributed by atoms with van der Waals surface area (Å²) >= 11 is 4.50. The number of likely N-dealkylation sites (tertiary alicyclic amines) is 1. The molecule has 0 unspecified atom stereocenters. The van der Waals surface area contributed by atoms with E-state index >= 15 is 0 Å². The lowest BCUT2D eigenvalue weighted by atomic mass is 10.0. The van der Waals surface area contributed by atoms with Crippen LogP contribution >= 0.6 is 12.6 Å². The maximum Gasteiger partial charge on any atom is 0.0247 e. The standard InChI is InChI=1S/C13H19NS/c1-11-6-4-5-9-14(11)10-12-7-2-3-8-13(12)15/h2-3,7-8,11,15H,4-6,9-10H2,1H3/t11-/m0/s1. The average Bonchev–Trinajstić information content (AvgIpc) is 2.24. The zero-order chi connectivity index (χ0) is 10.7. The highest BCUT2D eigenvalue weighted by atomic mass is 32.1. The van der Waals surface area contributed by atoms with Crippen LogP contribution in [0.1, 0.15) is 31.7 Å². The van der Waals surface area contributed by atoms with Gasteiger partial charge in [0.15, 0.2) is 0 Å². The molecule has 0 saturated carbocycles. The van der Waals surface area contributed by atoms with Crippen molar-refractivity contribution in [2.75, 3.05) is 6.54 Å². The van der Waals surface area contributed by atoms with Gasteiger partial charge in [-0.2, -0.15) is 0 Å². The lowest BCUT2D eigenvalue weighted by molar-refractivity contribution is 0.151. The van der Waals surface area contributed by atoms with Crippen LogP contribution in [-0.4, -0.2) is 17.5 Å². The second kappa shape index (κ2) is 5.04. The minimum atomic E-state index is 0.728. The molecule has 1 aromatic carbocycles. The molecule has 15 heavy (non-hydrogen) atoms. The van der Waals surface area contributed by atoms with Gasteiger partial charge in [-0.25, -0.2) is 0 Å². The van der Waals surface area contributed by atoms with Gasteiger partial charge in [0.05, 0.1) is 0 Å². The van der Waals surface area contributed by atoms with Crippen molar-refractivity contribution in [1.82, 2.24) is 4.90 Å². The van der Waals surface area contributed by atoms with Gasteiger partial charge in [-0.3, -0.25) is 4.90 Å². The van der Waals surface area contributed by atoms with Crippen molar-refractivity contribution in [3.8, 4) is 0 Å². The van der Waals surface area contributed by atoms with E-state index in [1.807, 2.05) is 6.07 Å². The molecule has 1 fully saturated rings. The molecule has 2 heteroatoms. The Labute approximate surface area is 97.9 Å². The summed E-state index contributed by atoms with van der Waals surface area (Å²) < 4.78 is 0. The number of nitrogens with zero attached hydrogens (tertiary/aromatic N) is 1. The summed E-state index contributed by atoms with van der Waals surface area (Å²) in [6.45, 7) is 4.63. The lowest BCUT2D eigenvalue weighted by Crippen LogP contribution is -2.36. The number of hydrogen-bond donors (Lipinski definition) is 1. The molecule has 0 amide bonds. The van der Waals surface area contributed by atoms with E-state index in [1.54, 1.807) is 0 Å². The minimum Gasteiger partial charge on any atom is -0.296 e. The Morgan fingerprint density at radius 2 is 2.13 bits per heavy atom. The topological polar surface area (TPSA) is 3.24 Å². The van der Waals surface area contributed by atoms with Gasteiger partial charge in [0, 0.05) is 17.5 Å². The van der Waals surface area contributed by atoms with Crippen LogP contribution in [0.25, 0.3) is 0 Å². The Balaban J connectivity index is 2.04. The maximum absolute atomic E-state index is 4.50. The minimum absolute atomic E-state index is 0.728. The van der Waals surface area contributed by atoms with Crippen LogP contribution in [0, 0.1) is 0 Å². The van der Waals surface area contributed by atoms with Crippen LogP contribution in [0.5, 0.6) is 0 Å². The van der Waals surface area contributed by atoms with Crippen LogP contribution in [-0.2, 0) is 6.54 Å². The first-order valence-electron chi connectivity index (χ1n) is 5.78. The number of benzene rings is 1. The van der Waals surface area contributed by atoms with Crippen molar-refractivity contribution in [3.63, 3.8) is 0 Å². The highest BCUT2D eigenvalue weighted by Gasteiger charge is 2.18. The summed E-state index contributed by atoms with van der Waals surface area (Å²) in [6.07, 6.45) is 4.08. The first kappa shape index (κ1) is 11.0. The van der Waals surface area contributed by atoms with Gasteiger partial charge in [-0.05, 0) is 37.9 Å². The molecule has 0 spiro atoms. The molecule has 1 aliphatic rings. The average molecular weight is 221 g/mol. The predicted octanol–water partition coefficient (Wildman–Crippen LogP) is 3.35. The SMILES string of the molecule is C[C@H]1CCCCN1Cc1ccccc1S. The molecule has 1 atom stereocenters. The number of rotatable bonds is 2. The Morgan fingerprint density at radius 1 is 1.33 bits per heavy atom. The third-order valence-corrected chi connectivity index (χ3v) is 3.74. The van der Waals surface area contributed by atoms with Crippen LogP contribution in [0.4, 0.5) is 0 Å². The molecule has 2 rings (SSSR count). The van der Waals surface area contributed by atoms with Gasteiger partial charge < -0.3 is 0 Å². The van der Waals surface area contributed by atoms with Gasteiger partial charge in [0.1, 0.15) is 0 Å². The fourth-order valence-corrected chi connectivity index (χ4v) is 2.49. The van der Waals surface area contributed by atoms with Crippen LogP contribution in [0.2, 0.25) is 0 Å². The quantitative estimate of drug-likeness (QED) is 0.750.